The molecule has 0 aliphatic heterocycles. The van der Waals surface area contributed by atoms with Crippen LogP contribution in [0, 0.1) is 0 Å². The average Bonchev–Trinajstić information content (AvgIpc) is 3.34. The van der Waals surface area contributed by atoms with Crippen molar-refractivity contribution in [3.8, 4) is 17.0 Å². The lowest BCUT2D eigenvalue weighted by molar-refractivity contribution is 0.0944. The van der Waals surface area contributed by atoms with Gasteiger partial charge >= 0.3 is 0 Å². The van der Waals surface area contributed by atoms with Crippen LogP contribution in [0.2, 0.25) is 0 Å². The van der Waals surface area contributed by atoms with Crippen molar-refractivity contribution >= 4 is 11.6 Å². The molecular weight excluding hydrogens is 330 g/mol. The third kappa shape index (κ3) is 2.93. The summed E-state index contributed by atoms with van der Waals surface area (Å²) in [5.74, 6) is 1.19. The highest BCUT2D eigenvalue weighted by atomic mass is 16.5. The SMILES string of the molecule is COc1ccc(-c2c(C(=O)NCc3ccco3)nc3ccccn23)cc1. The van der Waals surface area contributed by atoms with Crippen LogP contribution in [0.5, 0.6) is 5.75 Å². The van der Waals surface area contributed by atoms with Crippen LogP contribution < -0.4 is 10.1 Å². The van der Waals surface area contributed by atoms with Crippen molar-refractivity contribution in [3.05, 3.63) is 78.5 Å². The van der Waals surface area contributed by atoms with Crippen LogP contribution >= 0.6 is 0 Å². The predicted molar refractivity (Wildman–Crippen MR) is 97.1 cm³/mol. The highest BCUT2D eigenvalue weighted by Crippen LogP contribution is 2.27. The normalized spacial score (nSPS) is 10.8. The lowest BCUT2D eigenvalue weighted by atomic mass is 10.1. The van der Waals surface area contributed by atoms with Gasteiger partial charge in [-0.3, -0.25) is 9.20 Å². The number of imidazole rings is 1. The molecule has 0 aliphatic rings. The maximum atomic E-state index is 12.8. The number of carbonyl (C=O) groups excluding carboxylic acids is 1. The Morgan fingerprint density at radius 2 is 2.00 bits per heavy atom. The fourth-order valence-corrected chi connectivity index (χ4v) is 2.84. The Hall–Kier alpha value is -3.54. The van der Waals surface area contributed by atoms with Crippen LogP contribution in [-0.2, 0) is 6.54 Å². The molecule has 4 rings (SSSR count). The Labute approximate surface area is 150 Å². The highest BCUT2D eigenvalue weighted by Gasteiger charge is 2.20. The third-order valence-electron chi connectivity index (χ3n) is 4.11. The first-order valence-electron chi connectivity index (χ1n) is 8.18. The number of benzene rings is 1. The third-order valence-corrected chi connectivity index (χ3v) is 4.11. The second-order valence-corrected chi connectivity index (χ2v) is 5.73. The summed E-state index contributed by atoms with van der Waals surface area (Å²) in [5.41, 5.74) is 2.70. The molecule has 3 aromatic heterocycles. The number of amides is 1. The van der Waals surface area contributed by atoms with Crippen molar-refractivity contribution in [3.63, 3.8) is 0 Å². The molecule has 0 atom stereocenters. The largest absolute Gasteiger partial charge is 0.497 e. The molecule has 0 saturated heterocycles. The summed E-state index contributed by atoms with van der Waals surface area (Å²) in [7, 11) is 1.62. The van der Waals surface area contributed by atoms with Gasteiger partial charge in [-0.1, -0.05) is 6.07 Å². The molecule has 0 bridgehead atoms. The van der Waals surface area contributed by atoms with Gasteiger partial charge in [0.15, 0.2) is 5.69 Å². The number of hydrogen-bond acceptors (Lipinski definition) is 4. The van der Waals surface area contributed by atoms with Gasteiger partial charge in [0.1, 0.15) is 17.2 Å². The molecular formula is C20H17N3O3. The van der Waals surface area contributed by atoms with Gasteiger partial charge in [0.25, 0.3) is 5.91 Å². The summed E-state index contributed by atoms with van der Waals surface area (Å²) in [5, 5.41) is 2.86. The van der Waals surface area contributed by atoms with Crippen LogP contribution in [0.3, 0.4) is 0 Å². The van der Waals surface area contributed by atoms with E-state index in [-0.39, 0.29) is 5.91 Å². The fourth-order valence-electron chi connectivity index (χ4n) is 2.84. The van der Waals surface area contributed by atoms with E-state index in [4.69, 9.17) is 9.15 Å². The van der Waals surface area contributed by atoms with Gasteiger partial charge in [-0.15, -0.1) is 0 Å². The molecule has 130 valence electrons. The fraction of sp³-hybridized carbons (Fsp3) is 0.100. The van der Waals surface area contributed by atoms with Crippen molar-refractivity contribution in [2.24, 2.45) is 0 Å². The van der Waals surface area contributed by atoms with E-state index in [1.807, 2.05) is 59.1 Å². The minimum atomic E-state index is -0.254. The van der Waals surface area contributed by atoms with Gasteiger partial charge in [0, 0.05) is 11.8 Å². The highest BCUT2D eigenvalue weighted by molar-refractivity contribution is 5.99. The summed E-state index contributed by atoms with van der Waals surface area (Å²) < 4.78 is 12.4. The summed E-state index contributed by atoms with van der Waals surface area (Å²) in [6.07, 6.45) is 3.47. The van der Waals surface area contributed by atoms with Crippen molar-refractivity contribution in [1.82, 2.24) is 14.7 Å². The first kappa shape index (κ1) is 16.0. The molecule has 0 fully saturated rings. The quantitative estimate of drug-likeness (QED) is 0.600. The summed E-state index contributed by atoms with van der Waals surface area (Å²) in [6.45, 7) is 0.307. The maximum Gasteiger partial charge on any atom is 0.272 e. The van der Waals surface area contributed by atoms with Crippen LogP contribution in [0.4, 0.5) is 0 Å². The van der Waals surface area contributed by atoms with E-state index in [2.05, 4.69) is 10.3 Å². The Bertz CT molecular complexity index is 1030. The Kier molecular flexibility index (Phi) is 4.15. The van der Waals surface area contributed by atoms with E-state index in [0.717, 1.165) is 17.0 Å². The molecule has 0 unspecified atom stereocenters. The molecule has 0 aliphatic carbocycles. The van der Waals surface area contributed by atoms with Crippen LogP contribution in [0.25, 0.3) is 16.9 Å². The molecule has 1 amide bonds. The van der Waals surface area contributed by atoms with E-state index in [9.17, 15) is 4.79 Å². The zero-order valence-corrected chi connectivity index (χ0v) is 14.2. The maximum absolute atomic E-state index is 12.8. The average molecular weight is 347 g/mol. The second-order valence-electron chi connectivity index (χ2n) is 5.73. The first-order chi connectivity index (χ1) is 12.8. The lowest BCUT2D eigenvalue weighted by Crippen LogP contribution is -2.23. The molecule has 4 aromatic rings. The second kappa shape index (κ2) is 6.76. The summed E-state index contributed by atoms with van der Waals surface area (Å²) >= 11 is 0. The molecule has 3 heterocycles. The van der Waals surface area contributed by atoms with Crippen molar-refractivity contribution < 1.29 is 13.9 Å². The Morgan fingerprint density at radius 3 is 2.73 bits per heavy atom. The van der Waals surface area contributed by atoms with Crippen molar-refractivity contribution in [1.29, 1.82) is 0 Å². The Morgan fingerprint density at radius 1 is 1.15 bits per heavy atom. The van der Waals surface area contributed by atoms with Crippen LogP contribution in [0.15, 0.2) is 71.5 Å². The number of fused-ring (bicyclic) bond motifs is 1. The topological polar surface area (TPSA) is 68.8 Å². The van der Waals surface area contributed by atoms with Crippen molar-refractivity contribution in [2.75, 3.05) is 7.11 Å². The molecule has 1 N–H and O–H groups in total. The number of pyridine rings is 1. The van der Waals surface area contributed by atoms with Crippen LogP contribution in [0.1, 0.15) is 16.2 Å². The predicted octanol–water partition coefficient (Wildman–Crippen LogP) is 3.53. The van der Waals surface area contributed by atoms with Crippen LogP contribution in [-0.4, -0.2) is 22.4 Å². The van der Waals surface area contributed by atoms with E-state index in [1.54, 1.807) is 19.4 Å². The number of methoxy groups -OCH3 is 1. The molecule has 26 heavy (non-hydrogen) atoms. The van der Waals surface area contributed by atoms with E-state index >= 15 is 0 Å². The van der Waals surface area contributed by atoms with Gasteiger partial charge in [0.05, 0.1) is 25.6 Å². The molecule has 6 heteroatoms. The standard InChI is InChI=1S/C20H17N3O3/c1-25-15-9-7-14(8-10-15)19-18(22-17-6-2-3-11-23(17)19)20(24)21-13-16-5-4-12-26-16/h2-12H,13H2,1H3,(H,21,24). The Balaban J connectivity index is 1.74. The van der Waals surface area contributed by atoms with Gasteiger partial charge in [-0.25, -0.2) is 4.98 Å². The monoisotopic (exact) mass is 347 g/mol. The summed E-state index contributed by atoms with van der Waals surface area (Å²) in [6, 6.07) is 16.8. The lowest BCUT2D eigenvalue weighted by Gasteiger charge is -2.07. The number of hydrogen-bond donors (Lipinski definition) is 1. The van der Waals surface area contributed by atoms with Gasteiger partial charge in [0.2, 0.25) is 0 Å². The van der Waals surface area contributed by atoms with Gasteiger partial charge in [-0.05, 0) is 48.5 Å². The number of furan rings is 1. The number of aromatic nitrogens is 2. The molecule has 0 spiro atoms. The summed E-state index contributed by atoms with van der Waals surface area (Å²) in [4.78, 5) is 17.3. The number of nitrogens with zero attached hydrogens (tertiary/aromatic N) is 2. The smallest absolute Gasteiger partial charge is 0.272 e. The minimum absolute atomic E-state index is 0.254. The number of carbonyl (C=O) groups is 1. The van der Waals surface area contributed by atoms with Gasteiger partial charge in [-0.2, -0.15) is 0 Å². The molecule has 0 radical (unpaired) electrons. The number of nitrogens with one attached hydrogen (secondary N) is 1. The van der Waals surface area contributed by atoms with Crippen molar-refractivity contribution in [2.45, 2.75) is 6.54 Å². The first-order valence-corrected chi connectivity index (χ1v) is 8.18. The number of rotatable bonds is 5. The zero-order valence-electron chi connectivity index (χ0n) is 14.2. The minimum Gasteiger partial charge on any atom is -0.497 e. The van der Waals surface area contributed by atoms with E-state index < -0.39 is 0 Å². The zero-order chi connectivity index (χ0) is 17.9. The van der Waals surface area contributed by atoms with E-state index in [1.165, 1.54) is 0 Å². The molecule has 0 saturated carbocycles. The molecule has 6 nitrogen and oxygen atoms in total. The number of ether oxygens (including phenoxy) is 1. The molecule has 1 aromatic carbocycles. The van der Waals surface area contributed by atoms with Gasteiger partial charge < -0.3 is 14.5 Å². The van der Waals surface area contributed by atoms with E-state index in [0.29, 0.717) is 23.6 Å².